The van der Waals surface area contributed by atoms with E-state index in [4.69, 9.17) is 17.3 Å². The smallest absolute Gasteiger partial charge is 0.254 e. The lowest BCUT2D eigenvalue weighted by atomic mass is 10.2. The van der Waals surface area contributed by atoms with Crippen molar-refractivity contribution in [2.24, 2.45) is 5.73 Å². The average Bonchev–Trinajstić information content (AvgIpc) is 2.14. The lowest BCUT2D eigenvalue weighted by molar-refractivity contribution is 0.0951. The third kappa shape index (κ3) is 4.03. The topological polar surface area (TPSA) is 55.1 Å². The molecule has 0 aliphatic carbocycles. The summed E-state index contributed by atoms with van der Waals surface area (Å²) in [4.78, 5) is 11.3. The van der Waals surface area contributed by atoms with Crippen LogP contribution in [0.25, 0.3) is 0 Å². The highest BCUT2D eigenvalue weighted by Gasteiger charge is 2.10. The molecule has 0 spiro atoms. The molecule has 1 amide bonds. The van der Waals surface area contributed by atoms with Crippen LogP contribution in [0.5, 0.6) is 0 Å². The molecule has 6 heteroatoms. The van der Waals surface area contributed by atoms with E-state index in [2.05, 4.69) is 5.32 Å². The standard InChI is InChI=1S/C9H10ClFN2O.ClH/c10-6-1-2-7(8(11)5-6)9(14)13-4-3-12;/h1-2,5H,3-4,12H2,(H,13,14);1H. The lowest BCUT2D eigenvalue weighted by Crippen LogP contribution is -2.29. The number of nitrogens with two attached hydrogens (primary N) is 1. The number of benzene rings is 1. The first kappa shape index (κ1) is 14.2. The number of halogens is 3. The summed E-state index contributed by atoms with van der Waals surface area (Å²) >= 11 is 5.53. The van der Waals surface area contributed by atoms with Gasteiger partial charge in [-0.25, -0.2) is 4.39 Å². The average molecular weight is 253 g/mol. The summed E-state index contributed by atoms with van der Waals surface area (Å²) in [7, 11) is 0. The predicted molar refractivity (Wildman–Crippen MR) is 60.0 cm³/mol. The van der Waals surface area contributed by atoms with Crippen molar-refractivity contribution in [3.05, 3.63) is 34.6 Å². The second-order valence-corrected chi connectivity index (χ2v) is 3.11. The number of amides is 1. The Morgan fingerprint density at radius 1 is 1.53 bits per heavy atom. The summed E-state index contributed by atoms with van der Waals surface area (Å²) in [5.41, 5.74) is 5.16. The van der Waals surface area contributed by atoms with E-state index < -0.39 is 11.7 Å². The molecule has 0 saturated carbocycles. The highest BCUT2D eigenvalue weighted by Crippen LogP contribution is 2.14. The molecule has 0 saturated heterocycles. The Morgan fingerprint density at radius 2 is 2.20 bits per heavy atom. The van der Waals surface area contributed by atoms with Crippen LogP contribution in [0.2, 0.25) is 5.02 Å². The number of nitrogens with one attached hydrogen (secondary N) is 1. The first-order chi connectivity index (χ1) is 6.65. The van der Waals surface area contributed by atoms with Gasteiger partial charge in [-0.05, 0) is 18.2 Å². The molecule has 0 bridgehead atoms. The van der Waals surface area contributed by atoms with Crippen molar-refractivity contribution in [1.29, 1.82) is 0 Å². The Balaban J connectivity index is 0.00000196. The van der Waals surface area contributed by atoms with Crippen molar-refractivity contribution in [3.8, 4) is 0 Å². The number of carbonyl (C=O) groups is 1. The van der Waals surface area contributed by atoms with Crippen molar-refractivity contribution in [3.63, 3.8) is 0 Å². The highest BCUT2D eigenvalue weighted by atomic mass is 35.5. The van der Waals surface area contributed by atoms with Gasteiger partial charge in [0.05, 0.1) is 5.56 Å². The van der Waals surface area contributed by atoms with Gasteiger partial charge in [0.1, 0.15) is 5.82 Å². The van der Waals surface area contributed by atoms with E-state index in [0.29, 0.717) is 13.1 Å². The van der Waals surface area contributed by atoms with Gasteiger partial charge >= 0.3 is 0 Å². The minimum absolute atomic E-state index is 0. The number of rotatable bonds is 3. The van der Waals surface area contributed by atoms with Crippen LogP contribution in [0.3, 0.4) is 0 Å². The fraction of sp³-hybridized carbons (Fsp3) is 0.222. The predicted octanol–water partition coefficient (Wildman–Crippen LogP) is 1.59. The van der Waals surface area contributed by atoms with Gasteiger partial charge in [0.2, 0.25) is 0 Å². The molecule has 1 rings (SSSR count). The van der Waals surface area contributed by atoms with E-state index in [1.165, 1.54) is 12.1 Å². The van der Waals surface area contributed by atoms with Gasteiger partial charge in [0.25, 0.3) is 5.91 Å². The maximum atomic E-state index is 13.2. The molecule has 84 valence electrons. The van der Waals surface area contributed by atoms with Gasteiger partial charge in [0, 0.05) is 18.1 Å². The summed E-state index contributed by atoms with van der Waals surface area (Å²) in [5.74, 6) is -1.11. The Labute approximate surface area is 98.2 Å². The van der Waals surface area contributed by atoms with E-state index in [1.54, 1.807) is 0 Å². The Hall–Kier alpha value is -0.840. The van der Waals surface area contributed by atoms with E-state index in [0.717, 1.165) is 6.07 Å². The number of hydrogen-bond donors (Lipinski definition) is 2. The third-order valence-electron chi connectivity index (χ3n) is 1.61. The summed E-state index contributed by atoms with van der Waals surface area (Å²) in [6, 6.07) is 3.89. The summed E-state index contributed by atoms with van der Waals surface area (Å²) in [6.07, 6.45) is 0. The van der Waals surface area contributed by atoms with E-state index in [9.17, 15) is 9.18 Å². The van der Waals surface area contributed by atoms with Crippen LogP contribution in [0, 0.1) is 5.82 Å². The van der Waals surface area contributed by atoms with Gasteiger partial charge in [-0.3, -0.25) is 4.79 Å². The van der Waals surface area contributed by atoms with Crippen molar-refractivity contribution >= 4 is 29.9 Å². The molecule has 0 atom stereocenters. The number of carbonyl (C=O) groups excluding carboxylic acids is 1. The van der Waals surface area contributed by atoms with Gasteiger partial charge in [0.15, 0.2) is 0 Å². The number of hydrogen-bond acceptors (Lipinski definition) is 2. The van der Waals surface area contributed by atoms with Crippen LogP contribution in [-0.2, 0) is 0 Å². The van der Waals surface area contributed by atoms with Crippen LogP contribution >= 0.6 is 24.0 Å². The fourth-order valence-corrected chi connectivity index (χ4v) is 1.11. The molecule has 0 aromatic heterocycles. The van der Waals surface area contributed by atoms with Crippen molar-refractivity contribution in [2.45, 2.75) is 0 Å². The lowest BCUT2D eigenvalue weighted by Gasteiger charge is -2.04. The largest absolute Gasteiger partial charge is 0.351 e. The molecule has 0 heterocycles. The first-order valence-electron chi connectivity index (χ1n) is 4.08. The normalized spacial score (nSPS) is 9.27. The minimum atomic E-state index is -0.632. The minimum Gasteiger partial charge on any atom is -0.351 e. The van der Waals surface area contributed by atoms with Crippen molar-refractivity contribution < 1.29 is 9.18 Å². The molecule has 0 fully saturated rings. The molecule has 3 N–H and O–H groups in total. The van der Waals surface area contributed by atoms with Gasteiger partial charge in [-0.1, -0.05) is 11.6 Å². The van der Waals surface area contributed by atoms with Gasteiger partial charge in [-0.2, -0.15) is 0 Å². The van der Waals surface area contributed by atoms with Crippen LogP contribution in [0.4, 0.5) is 4.39 Å². The van der Waals surface area contributed by atoms with Crippen LogP contribution in [-0.4, -0.2) is 19.0 Å². The Kier molecular flexibility index (Phi) is 6.24. The zero-order valence-corrected chi connectivity index (χ0v) is 9.37. The van der Waals surface area contributed by atoms with Gasteiger partial charge in [-0.15, -0.1) is 12.4 Å². The Bertz CT molecular complexity index is 347. The summed E-state index contributed by atoms with van der Waals surface area (Å²) in [5, 5.41) is 2.72. The molecule has 15 heavy (non-hydrogen) atoms. The van der Waals surface area contributed by atoms with Crippen LogP contribution < -0.4 is 11.1 Å². The molecule has 1 aromatic carbocycles. The van der Waals surface area contributed by atoms with E-state index in [-0.39, 0.29) is 23.0 Å². The molecule has 3 nitrogen and oxygen atoms in total. The molecular formula is C9H11Cl2FN2O. The maximum Gasteiger partial charge on any atom is 0.254 e. The van der Waals surface area contributed by atoms with Crippen molar-refractivity contribution in [1.82, 2.24) is 5.32 Å². The van der Waals surface area contributed by atoms with E-state index in [1.807, 2.05) is 0 Å². The highest BCUT2D eigenvalue weighted by molar-refractivity contribution is 6.30. The first-order valence-corrected chi connectivity index (χ1v) is 4.46. The molecule has 0 unspecified atom stereocenters. The molecule has 0 aliphatic rings. The Morgan fingerprint density at radius 3 is 2.73 bits per heavy atom. The molecular weight excluding hydrogens is 242 g/mol. The maximum absolute atomic E-state index is 13.2. The molecule has 0 radical (unpaired) electrons. The van der Waals surface area contributed by atoms with E-state index >= 15 is 0 Å². The SMILES string of the molecule is Cl.NCCNC(=O)c1ccc(Cl)cc1F. The van der Waals surface area contributed by atoms with Gasteiger partial charge < -0.3 is 11.1 Å². The molecule has 0 aliphatic heterocycles. The zero-order chi connectivity index (χ0) is 10.6. The zero-order valence-electron chi connectivity index (χ0n) is 7.80. The monoisotopic (exact) mass is 252 g/mol. The molecule has 1 aromatic rings. The van der Waals surface area contributed by atoms with Crippen LogP contribution in [0.1, 0.15) is 10.4 Å². The third-order valence-corrected chi connectivity index (χ3v) is 1.84. The summed E-state index contributed by atoms with van der Waals surface area (Å²) < 4.78 is 13.2. The van der Waals surface area contributed by atoms with Crippen molar-refractivity contribution in [2.75, 3.05) is 13.1 Å². The second kappa shape index (κ2) is 6.61. The van der Waals surface area contributed by atoms with Crippen LogP contribution in [0.15, 0.2) is 18.2 Å². The summed E-state index contributed by atoms with van der Waals surface area (Å²) in [6.45, 7) is 0.641. The second-order valence-electron chi connectivity index (χ2n) is 2.67. The quantitative estimate of drug-likeness (QED) is 0.859. The fourth-order valence-electron chi connectivity index (χ4n) is 0.955.